The molecule has 0 saturated carbocycles. The van der Waals surface area contributed by atoms with E-state index in [1.54, 1.807) is 11.0 Å². The Morgan fingerprint density at radius 2 is 1.59 bits per heavy atom. The van der Waals surface area contributed by atoms with Crippen LogP contribution in [0.4, 0.5) is 0 Å². The number of rotatable bonds is 7. The summed E-state index contributed by atoms with van der Waals surface area (Å²) in [6, 6.07) is 17.4. The van der Waals surface area contributed by atoms with Crippen molar-refractivity contribution in [2.75, 3.05) is 26.3 Å². The Morgan fingerprint density at radius 1 is 0.906 bits per heavy atom. The fourth-order valence-corrected chi connectivity index (χ4v) is 4.01. The van der Waals surface area contributed by atoms with Crippen molar-refractivity contribution in [2.45, 2.75) is 26.8 Å². The van der Waals surface area contributed by atoms with Gasteiger partial charge in [0.05, 0.1) is 19.8 Å². The Kier molecular flexibility index (Phi) is 6.59. The van der Waals surface area contributed by atoms with Crippen LogP contribution in [0, 0.1) is 0 Å². The van der Waals surface area contributed by atoms with Gasteiger partial charge in [-0.05, 0) is 66.4 Å². The molecule has 3 aromatic carbocycles. The predicted molar refractivity (Wildman–Crippen MR) is 124 cm³/mol. The molecule has 2 amide bonds. The Morgan fingerprint density at radius 3 is 2.31 bits per heavy atom. The molecule has 0 aromatic heterocycles. The van der Waals surface area contributed by atoms with E-state index in [2.05, 4.69) is 5.32 Å². The van der Waals surface area contributed by atoms with Crippen molar-refractivity contribution in [1.82, 2.24) is 10.2 Å². The first-order valence-electron chi connectivity index (χ1n) is 11.0. The van der Waals surface area contributed by atoms with Gasteiger partial charge in [0, 0.05) is 18.7 Å². The van der Waals surface area contributed by atoms with Gasteiger partial charge in [0.15, 0.2) is 11.5 Å². The highest BCUT2D eigenvalue weighted by atomic mass is 16.5. The van der Waals surface area contributed by atoms with Crippen LogP contribution in [-0.4, -0.2) is 43.0 Å². The number of amides is 2. The number of fused-ring (bicyclic) bond motifs is 2. The maximum atomic E-state index is 12.8. The molecule has 1 aliphatic rings. The lowest BCUT2D eigenvalue weighted by atomic mass is 9.98. The fraction of sp³-hybridized carbons (Fsp3) is 0.308. The van der Waals surface area contributed by atoms with Gasteiger partial charge in [0.1, 0.15) is 0 Å². The summed E-state index contributed by atoms with van der Waals surface area (Å²) in [7, 11) is 0. The second-order valence-corrected chi connectivity index (χ2v) is 7.74. The smallest absolute Gasteiger partial charge is 0.251 e. The summed E-state index contributed by atoms with van der Waals surface area (Å²) >= 11 is 0. The molecule has 0 bridgehead atoms. The van der Waals surface area contributed by atoms with E-state index >= 15 is 0 Å². The number of hydrogen-bond acceptors (Lipinski definition) is 4. The van der Waals surface area contributed by atoms with E-state index in [0.29, 0.717) is 37.6 Å². The molecule has 1 heterocycles. The lowest BCUT2D eigenvalue weighted by Crippen LogP contribution is -2.42. The first-order valence-corrected chi connectivity index (χ1v) is 11.0. The van der Waals surface area contributed by atoms with Crippen LogP contribution in [0.1, 0.15) is 35.3 Å². The van der Waals surface area contributed by atoms with E-state index in [1.807, 2.05) is 62.4 Å². The maximum absolute atomic E-state index is 12.8. The van der Waals surface area contributed by atoms with Gasteiger partial charge in [0.2, 0.25) is 5.91 Å². The standard InChI is InChI=1S/C26H28N2O4/c1-3-31-23-14-20-11-12-28(17-22(20)15-24(23)32-4-2)25(29)16-27-26(30)21-10-9-18-7-5-6-8-19(18)13-21/h5-10,13-15H,3-4,11-12,16-17H2,1-2H3,(H,27,30). The van der Waals surface area contributed by atoms with Crippen molar-refractivity contribution in [3.63, 3.8) is 0 Å². The Bertz CT molecular complexity index is 1140. The molecular weight excluding hydrogens is 404 g/mol. The van der Waals surface area contributed by atoms with E-state index < -0.39 is 0 Å². The zero-order valence-electron chi connectivity index (χ0n) is 18.5. The third kappa shape index (κ3) is 4.69. The molecule has 0 aliphatic carbocycles. The fourth-order valence-electron chi connectivity index (χ4n) is 4.01. The molecule has 1 aliphatic heterocycles. The molecule has 0 radical (unpaired) electrons. The summed E-state index contributed by atoms with van der Waals surface area (Å²) < 4.78 is 11.4. The summed E-state index contributed by atoms with van der Waals surface area (Å²) in [6.45, 7) is 6.06. The predicted octanol–water partition coefficient (Wildman–Crippen LogP) is 3.95. The molecule has 4 rings (SSSR count). The minimum Gasteiger partial charge on any atom is -0.490 e. The lowest BCUT2D eigenvalue weighted by molar-refractivity contribution is -0.131. The highest BCUT2D eigenvalue weighted by Crippen LogP contribution is 2.34. The number of hydrogen-bond donors (Lipinski definition) is 1. The maximum Gasteiger partial charge on any atom is 0.251 e. The van der Waals surface area contributed by atoms with Crippen LogP contribution in [0.15, 0.2) is 54.6 Å². The van der Waals surface area contributed by atoms with Gasteiger partial charge in [-0.1, -0.05) is 30.3 Å². The van der Waals surface area contributed by atoms with Crippen LogP contribution in [0.2, 0.25) is 0 Å². The third-order valence-corrected chi connectivity index (χ3v) is 5.64. The highest BCUT2D eigenvalue weighted by Gasteiger charge is 2.23. The van der Waals surface area contributed by atoms with Crippen molar-refractivity contribution in [2.24, 2.45) is 0 Å². The second kappa shape index (κ2) is 9.73. The van der Waals surface area contributed by atoms with Crippen LogP contribution in [0.3, 0.4) is 0 Å². The van der Waals surface area contributed by atoms with E-state index in [9.17, 15) is 9.59 Å². The van der Waals surface area contributed by atoms with Crippen molar-refractivity contribution in [3.05, 3.63) is 71.3 Å². The van der Waals surface area contributed by atoms with Crippen molar-refractivity contribution >= 4 is 22.6 Å². The molecule has 1 N–H and O–H groups in total. The number of ether oxygens (including phenoxy) is 2. The number of carbonyl (C=O) groups is 2. The van der Waals surface area contributed by atoms with Gasteiger partial charge in [0.25, 0.3) is 5.91 Å². The number of benzene rings is 3. The lowest BCUT2D eigenvalue weighted by Gasteiger charge is -2.30. The SMILES string of the molecule is CCOc1cc2c(cc1OCC)CN(C(=O)CNC(=O)c1ccc3ccccc3c1)CC2. The Balaban J connectivity index is 1.40. The van der Waals surface area contributed by atoms with E-state index in [1.165, 1.54) is 5.56 Å². The van der Waals surface area contributed by atoms with Gasteiger partial charge in [-0.25, -0.2) is 0 Å². The van der Waals surface area contributed by atoms with Crippen LogP contribution < -0.4 is 14.8 Å². The molecule has 0 fully saturated rings. The van der Waals surface area contributed by atoms with Gasteiger partial charge >= 0.3 is 0 Å². The van der Waals surface area contributed by atoms with Gasteiger partial charge in [-0.15, -0.1) is 0 Å². The van der Waals surface area contributed by atoms with E-state index in [-0.39, 0.29) is 18.4 Å². The molecule has 6 heteroatoms. The van der Waals surface area contributed by atoms with Gasteiger partial charge in [-0.2, -0.15) is 0 Å². The Hall–Kier alpha value is -3.54. The van der Waals surface area contributed by atoms with Crippen molar-refractivity contribution in [3.8, 4) is 11.5 Å². The van der Waals surface area contributed by atoms with Crippen molar-refractivity contribution < 1.29 is 19.1 Å². The molecular formula is C26H28N2O4. The molecule has 0 atom stereocenters. The van der Waals surface area contributed by atoms with Gasteiger partial charge in [-0.3, -0.25) is 9.59 Å². The topological polar surface area (TPSA) is 67.9 Å². The first kappa shape index (κ1) is 21.7. The third-order valence-electron chi connectivity index (χ3n) is 5.64. The average molecular weight is 433 g/mol. The molecule has 0 saturated heterocycles. The van der Waals surface area contributed by atoms with E-state index in [4.69, 9.17) is 9.47 Å². The minimum absolute atomic E-state index is 0.0314. The number of carbonyl (C=O) groups excluding carboxylic acids is 2. The molecule has 32 heavy (non-hydrogen) atoms. The van der Waals surface area contributed by atoms with Crippen LogP contribution >= 0.6 is 0 Å². The quantitative estimate of drug-likeness (QED) is 0.614. The summed E-state index contributed by atoms with van der Waals surface area (Å²) in [5, 5.41) is 4.84. The summed E-state index contributed by atoms with van der Waals surface area (Å²) in [5.74, 6) is 1.10. The summed E-state index contributed by atoms with van der Waals surface area (Å²) in [6.07, 6.45) is 0.742. The zero-order chi connectivity index (χ0) is 22.5. The molecule has 0 spiro atoms. The molecule has 6 nitrogen and oxygen atoms in total. The molecule has 0 unspecified atom stereocenters. The first-order chi connectivity index (χ1) is 15.6. The molecule has 3 aromatic rings. The molecule has 166 valence electrons. The summed E-state index contributed by atoms with van der Waals surface area (Å²) in [5.41, 5.74) is 2.77. The summed E-state index contributed by atoms with van der Waals surface area (Å²) in [4.78, 5) is 27.1. The van der Waals surface area contributed by atoms with Crippen LogP contribution in [0.5, 0.6) is 11.5 Å². The number of nitrogens with one attached hydrogen (secondary N) is 1. The largest absolute Gasteiger partial charge is 0.490 e. The normalized spacial score (nSPS) is 12.9. The zero-order valence-corrected chi connectivity index (χ0v) is 18.5. The highest BCUT2D eigenvalue weighted by molar-refractivity contribution is 6.00. The van der Waals surface area contributed by atoms with E-state index in [0.717, 1.165) is 28.5 Å². The second-order valence-electron chi connectivity index (χ2n) is 7.74. The monoisotopic (exact) mass is 432 g/mol. The van der Waals surface area contributed by atoms with Crippen molar-refractivity contribution in [1.29, 1.82) is 0 Å². The minimum atomic E-state index is -0.249. The van der Waals surface area contributed by atoms with Crippen LogP contribution in [-0.2, 0) is 17.8 Å². The Labute approximate surface area is 188 Å². The number of nitrogens with zero attached hydrogens (tertiary/aromatic N) is 1. The van der Waals surface area contributed by atoms with Gasteiger partial charge < -0.3 is 19.7 Å². The average Bonchev–Trinajstić information content (AvgIpc) is 2.82. The van der Waals surface area contributed by atoms with Crippen LogP contribution in [0.25, 0.3) is 10.8 Å².